The summed E-state index contributed by atoms with van der Waals surface area (Å²) < 4.78 is 31.0. The number of benzene rings is 2. The van der Waals surface area contributed by atoms with E-state index in [9.17, 15) is 22.8 Å². The number of esters is 1. The van der Waals surface area contributed by atoms with Crippen LogP contribution in [0.1, 0.15) is 36.6 Å². The molecule has 0 radical (unpaired) electrons. The van der Waals surface area contributed by atoms with Crippen LogP contribution in [0, 0.1) is 0 Å². The molecule has 2 aromatic carbocycles. The lowest BCUT2D eigenvalue weighted by Crippen LogP contribution is -2.28. The number of sulfone groups is 1. The number of carbonyl (C=O) groups is 3. The first kappa shape index (κ1) is 20.4. The number of ketones is 1. The second-order valence-electron chi connectivity index (χ2n) is 6.67. The summed E-state index contributed by atoms with van der Waals surface area (Å²) in [5.74, 6) is -1.54. The molecular weight excluding hydrogens is 420 g/mol. The Hall–Kier alpha value is -3.85. The quantitative estimate of drug-likeness (QED) is 0.376. The van der Waals surface area contributed by atoms with Crippen LogP contribution >= 0.6 is 0 Å². The standard InChI is InChI=1S/C22H16N2O6S/c25-20-16-5-1-2-6-18(16)31(28,29)19-12-14(7-8-17(19)20)22(27)30-11-10-24-21(26)15-4-3-9-23-13-15/h1-9,12-13H,10-11H2,(H,24,26). The zero-order valence-electron chi connectivity index (χ0n) is 16.1. The van der Waals surface area contributed by atoms with E-state index in [-0.39, 0.29) is 45.5 Å². The monoisotopic (exact) mass is 436 g/mol. The van der Waals surface area contributed by atoms with Crippen molar-refractivity contribution in [1.29, 1.82) is 0 Å². The molecule has 156 valence electrons. The van der Waals surface area contributed by atoms with Crippen molar-refractivity contribution in [3.05, 3.63) is 89.2 Å². The van der Waals surface area contributed by atoms with Crippen molar-refractivity contribution < 1.29 is 27.5 Å². The van der Waals surface area contributed by atoms with Gasteiger partial charge in [0.2, 0.25) is 9.84 Å². The molecule has 31 heavy (non-hydrogen) atoms. The molecule has 0 bridgehead atoms. The zero-order chi connectivity index (χ0) is 22.0. The minimum Gasteiger partial charge on any atom is -0.460 e. The first-order valence-electron chi connectivity index (χ1n) is 9.28. The van der Waals surface area contributed by atoms with E-state index in [4.69, 9.17) is 4.74 Å². The Balaban J connectivity index is 1.45. The molecule has 1 N–H and O–H groups in total. The molecule has 0 spiro atoms. The summed E-state index contributed by atoms with van der Waals surface area (Å²) in [6, 6.07) is 13.0. The second-order valence-corrected chi connectivity index (χ2v) is 8.56. The number of nitrogens with one attached hydrogen (secondary N) is 1. The average Bonchev–Trinajstić information content (AvgIpc) is 2.80. The number of carbonyl (C=O) groups excluding carboxylic acids is 3. The Bertz CT molecular complexity index is 1300. The van der Waals surface area contributed by atoms with Gasteiger partial charge < -0.3 is 10.1 Å². The summed E-state index contributed by atoms with van der Waals surface area (Å²) in [6.07, 6.45) is 2.96. The van der Waals surface area contributed by atoms with E-state index in [1.165, 1.54) is 36.5 Å². The minimum atomic E-state index is -3.95. The highest BCUT2D eigenvalue weighted by atomic mass is 32.2. The fraction of sp³-hybridized carbons (Fsp3) is 0.0909. The zero-order valence-corrected chi connectivity index (χ0v) is 16.9. The van der Waals surface area contributed by atoms with Crippen LogP contribution in [0.5, 0.6) is 0 Å². The number of rotatable bonds is 5. The maximum atomic E-state index is 12.9. The van der Waals surface area contributed by atoms with Crippen LogP contribution in [0.25, 0.3) is 0 Å². The molecule has 1 aliphatic heterocycles. The van der Waals surface area contributed by atoms with Gasteiger partial charge in [0.05, 0.1) is 27.5 Å². The number of hydrogen-bond acceptors (Lipinski definition) is 7. The molecule has 8 nitrogen and oxygen atoms in total. The highest BCUT2D eigenvalue weighted by Crippen LogP contribution is 2.34. The lowest BCUT2D eigenvalue weighted by atomic mass is 10.0. The highest BCUT2D eigenvalue weighted by Gasteiger charge is 2.35. The molecule has 0 saturated heterocycles. The Morgan fingerprint density at radius 1 is 0.935 bits per heavy atom. The predicted octanol–water partition coefficient (Wildman–Crippen LogP) is 2.05. The maximum absolute atomic E-state index is 12.9. The fourth-order valence-corrected chi connectivity index (χ4v) is 4.88. The van der Waals surface area contributed by atoms with Gasteiger partial charge in [-0.15, -0.1) is 0 Å². The number of nitrogens with zero attached hydrogens (tertiary/aromatic N) is 1. The molecule has 2 heterocycles. The van der Waals surface area contributed by atoms with Gasteiger partial charge in [0.1, 0.15) is 6.61 Å². The Morgan fingerprint density at radius 3 is 2.48 bits per heavy atom. The molecular formula is C22H16N2O6S. The summed E-state index contributed by atoms with van der Waals surface area (Å²) in [4.78, 5) is 40.5. The third-order valence-corrected chi connectivity index (χ3v) is 6.57. The largest absolute Gasteiger partial charge is 0.460 e. The van der Waals surface area contributed by atoms with E-state index >= 15 is 0 Å². The molecule has 4 rings (SSSR count). The van der Waals surface area contributed by atoms with Crippen LogP contribution in [0.15, 0.2) is 76.8 Å². The number of amides is 1. The van der Waals surface area contributed by atoms with Crippen LogP contribution in [0.3, 0.4) is 0 Å². The number of aromatic nitrogens is 1. The van der Waals surface area contributed by atoms with Crippen molar-refractivity contribution in [3.8, 4) is 0 Å². The van der Waals surface area contributed by atoms with E-state index in [1.807, 2.05) is 0 Å². The Labute approximate surface area is 177 Å². The molecule has 1 amide bonds. The summed E-state index contributed by atoms with van der Waals surface area (Å²) in [5, 5.41) is 2.59. The van der Waals surface area contributed by atoms with Gasteiger partial charge in [0.25, 0.3) is 5.91 Å². The van der Waals surface area contributed by atoms with Crippen LogP contribution in [-0.2, 0) is 14.6 Å². The first-order valence-corrected chi connectivity index (χ1v) is 10.8. The molecule has 0 aliphatic carbocycles. The van der Waals surface area contributed by atoms with Gasteiger partial charge in [0, 0.05) is 23.5 Å². The van der Waals surface area contributed by atoms with E-state index in [0.29, 0.717) is 5.56 Å². The van der Waals surface area contributed by atoms with Crippen molar-refractivity contribution in [2.45, 2.75) is 9.79 Å². The lowest BCUT2D eigenvalue weighted by molar-refractivity contribution is 0.0502. The normalized spacial score (nSPS) is 13.6. The van der Waals surface area contributed by atoms with E-state index in [2.05, 4.69) is 10.3 Å². The Kier molecular flexibility index (Phi) is 5.35. The molecule has 9 heteroatoms. The van der Waals surface area contributed by atoms with E-state index < -0.39 is 21.6 Å². The molecule has 0 atom stereocenters. The summed E-state index contributed by atoms with van der Waals surface area (Å²) in [6.45, 7) is -0.0506. The molecule has 0 fully saturated rings. The predicted molar refractivity (Wildman–Crippen MR) is 109 cm³/mol. The van der Waals surface area contributed by atoms with Gasteiger partial charge in [-0.2, -0.15) is 0 Å². The van der Waals surface area contributed by atoms with Crippen LogP contribution in [-0.4, -0.2) is 44.2 Å². The first-order chi connectivity index (χ1) is 14.9. The van der Waals surface area contributed by atoms with Gasteiger partial charge >= 0.3 is 5.97 Å². The Morgan fingerprint density at radius 2 is 1.71 bits per heavy atom. The van der Waals surface area contributed by atoms with Gasteiger partial charge in [0.15, 0.2) is 5.78 Å². The van der Waals surface area contributed by atoms with E-state index in [0.717, 1.165) is 6.07 Å². The molecule has 0 saturated carbocycles. The second kappa shape index (κ2) is 8.11. The molecule has 1 aliphatic rings. The smallest absolute Gasteiger partial charge is 0.338 e. The summed E-state index contributed by atoms with van der Waals surface area (Å²) in [7, 11) is -3.95. The van der Waals surface area contributed by atoms with E-state index in [1.54, 1.807) is 24.4 Å². The van der Waals surface area contributed by atoms with Gasteiger partial charge in [-0.3, -0.25) is 14.6 Å². The van der Waals surface area contributed by atoms with Crippen molar-refractivity contribution in [2.75, 3.05) is 13.2 Å². The molecule has 0 unspecified atom stereocenters. The number of ether oxygens (including phenoxy) is 1. The number of fused-ring (bicyclic) bond motifs is 2. The third kappa shape index (κ3) is 3.82. The van der Waals surface area contributed by atoms with Gasteiger partial charge in [-0.25, -0.2) is 13.2 Å². The number of hydrogen-bond donors (Lipinski definition) is 1. The fourth-order valence-electron chi connectivity index (χ4n) is 3.20. The van der Waals surface area contributed by atoms with Crippen LogP contribution in [0.2, 0.25) is 0 Å². The van der Waals surface area contributed by atoms with Crippen molar-refractivity contribution in [1.82, 2.24) is 10.3 Å². The SMILES string of the molecule is O=C(NCCOC(=O)c1ccc2c(c1)S(=O)(=O)c1ccccc1C2=O)c1cccnc1. The van der Waals surface area contributed by atoms with Crippen molar-refractivity contribution in [2.24, 2.45) is 0 Å². The number of pyridine rings is 1. The van der Waals surface area contributed by atoms with Gasteiger partial charge in [-0.05, 0) is 42.5 Å². The van der Waals surface area contributed by atoms with Crippen molar-refractivity contribution >= 4 is 27.5 Å². The van der Waals surface area contributed by atoms with Crippen molar-refractivity contribution in [3.63, 3.8) is 0 Å². The molecule has 3 aromatic rings. The third-order valence-electron chi connectivity index (χ3n) is 4.72. The van der Waals surface area contributed by atoms with Gasteiger partial charge in [-0.1, -0.05) is 12.1 Å². The summed E-state index contributed by atoms with van der Waals surface area (Å²) >= 11 is 0. The van der Waals surface area contributed by atoms with Crippen LogP contribution in [0.4, 0.5) is 0 Å². The minimum absolute atomic E-state index is 0.00640. The lowest BCUT2D eigenvalue weighted by Gasteiger charge is -2.19. The topological polar surface area (TPSA) is 119 Å². The maximum Gasteiger partial charge on any atom is 0.338 e. The molecule has 1 aromatic heterocycles. The highest BCUT2D eigenvalue weighted by molar-refractivity contribution is 7.91. The average molecular weight is 436 g/mol. The van der Waals surface area contributed by atoms with Crippen LogP contribution < -0.4 is 5.32 Å². The summed E-state index contributed by atoms with van der Waals surface area (Å²) in [5.41, 5.74) is 0.487.